The van der Waals surface area contributed by atoms with Gasteiger partial charge in [-0.25, -0.2) is 0 Å². The van der Waals surface area contributed by atoms with Gasteiger partial charge in [0.2, 0.25) is 0 Å². The molecule has 0 bridgehead atoms. The zero-order valence-corrected chi connectivity index (χ0v) is 26.7. The number of nitriles is 3. The molecule has 7 aromatic carbocycles. The third kappa shape index (κ3) is 4.31. The van der Waals surface area contributed by atoms with Gasteiger partial charge in [-0.1, -0.05) is 91.0 Å². The predicted octanol–water partition coefficient (Wildman–Crippen LogP) is 10.8. The van der Waals surface area contributed by atoms with E-state index in [4.69, 9.17) is 0 Å². The molecule has 9 rings (SSSR count). The van der Waals surface area contributed by atoms with E-state index >= 15 is 0 Å². The lowest BCUT2D eigenvalue weighted by atomic mass is 9.95. The Kier molecular flexibility index (Phi) is 6.56. The van der Waals surface area contributed by atoms with Crippen molar-refractivity contribution in [2.24, 2.45) is 0 Å². The summed E-state index contributed by atoms with van der Waals surface area (Å²) in [4.78, 5) is 0. The smallest absolute Gasteiger partial charge is 0.101 e. The van der Waals surface area contributed by atoms with E-state index in [0.29, 0.717) is 16.7 Å². The molecule has 0 aliphatic carbocycles. The summed E-state index contributed by atoms with van der Waals surface area (Å²) in [5.41, 5.74) is 11.3. The molecule has 230 valence electrons. The summed E-state index contributed by atoms with van der Waals surface area (Å²) in [6.07, 6.45) is 0. The van der Waals surface area contributed by atoms with Crippen LogP contribution >= 0.6 is 0 Å². The highest BCUT2D eigenvalue weighted by atomic mass is 15.0. The molecule has 5 nitrogen and oxygen atoms in total. The van der Waals surface area contributed by atoms with Crippen LogP contribution in [0.2, 0.25) is 0 Å². The van der Waals surface area contributed by atoms with Gasteiger partial charge in [-0.2, -0.15) is 15.8 Å². The van der Waals surface area contributed by atoms with Crippen LogP contribution in [0.3, 0.4) is 0 Å². The number of aromatic nitrogens is 2. The molecule has 0 aliphatic heterocycles. The Morgan fingerprint density at radius 1 is 0.360 bits per heavy atom. The fourth-order valence-corrected chi connectivity index (χ4v) is 7.43. The molecule has 5 heteroatoms. The maximum atomic E-state index is 10.3. The number of hydrogen-bond donors (Lipinski definition) is 0. The first kappa shape index (κ1) is 28.8. The largest absolute Gasteiger partial charge is 0.309 e. The summed E-state index contributed by atoms with van der Waals surface area (Å²) in [5.74, 6) is 0. The van der Waals surface area contributed by atoms with Crippen LogP contribution in [0.5, 0.6) is 0 Å². The van der Waals surface area contributed by atoms with E-state index in [-0.39, 0.29) is 0 Å². The first-order chi connectivity index (χ1) is 24.7. The number of hydrogen-bond acceptors (Lipinski definition) is 3. The van der Waals surface area contributed by atoms with E-state index in [1.807, 2.05) is 60.7 Å². The molecule has 0 atom stereocenters. The molecule has 0 fully saturated rings. The van der Waals surface area contributed by atoms with Crippen molar-refractivity contribution in [2.75, 3.05) is 0 Å². The molecular weight excluding hydrogens is 611 g/mol. The van der Waals surface area contributed by atoms with Gasteiger partial charge in [-0.15, -0.1) is 0 Å². The quantitative estimate of drug-likeness (QED) is 0.193. The van der Waals surface area contributed by atoms with Crippen LogP contribution in [0.15, 0.2) is 152 Å². The van der Waals surface area contributed by atoms with Gasteiger partial charge in [0.25, 0.3) is 0 Å². The van der Waals surface area contributed by atoms with Crippen molar-refractivity contribution in [1.82, 2.24) is 9.13 Å². The van der Waals surface area contributed by atoms with Crippen molar-refractivity contribution in [2.45, 2.75) is 0 Å². The molecule has 0 spiro atoms. The second kappa shape index (κ2) is 11.4. The van der Waals surface area contributed by atoms with Crippen LogP contribution in [0.25, 0.3) is 77.2 Å². The molecule has 0 amide bonds. The number of rotatable bonds is 4. The van der Waals surface area contributed by atoms with E-state index in [0.717, 1.165) is 77.2 Å². The van der Waals surface area contributed by atoms with Gasteiger partial charge in [-0.05, 0) is 77.4 Å². The molecule has 2 aromatic heterocycles. The second-order valence-electron chi connectivity index (χ2n) is 12.3. The average molecular weight is 636 g/mol. The minimum Gasteiger partial charge on any atom is -0.309 e. The molecule has 50 heavy (non-hydrogen) atoms. The summed E-state index contributed by atoms with van der Waals surface area (Å²) >= 11 is 0. The minimum atomic E-state index is 0.552. The minimum absolute atomic E-state index is 0.552. The van der Waals surface area contributed by atoms with Crippen molar-refractivity contribution < 1.29 is 0 Å². The third-order valence-electron chi connectivity index (χ3n) is 9.65. The summed E-state index contributed by atoms with van der Waals surface area (Å²) in [5, 5.41) is 34.4. The number of para-hydroxylation sites is 3. The Bertz CT molecular complexity index is 2900. The SMILES string of the molecule is N#Cc1ccc2c(c1)c1ccccc1n2-c1cc(-c2ccc(-c3c(C#N)cccc3-n3c4ccccc4c4ccccc43)cc2)ccc1C#N. The highest BCUT2D eigenvalue weighted by Crippen LogP contribution is 2.39. The van der Waals surface area contributed by atoms with Gasteiger partial charge in [0.15, 0.2) is 0 Å². The van der Waals surface area contributed by atoms with Gasteiger partial charge in [0, 0.05) is 27.1 Å². The van der Waals surface area contributed by atoms with Gasteiger partial charge in [0.1, 0.15) is 6.07 Å². The summed E-state index contributed by atoms with van der Waals surface area (Å²) in [6, 6.07) is 57.8. The lowest BCUT2D eigenvalue weighted by Gasteiger charge is -2.16. The second-order valence-corrected chi connectivity index (χ2v) is 12.3. The average Bonchev–Trinajstić information content (AvgIpc) is 3.70. The van der Waals surface area contributed by atoms with Crippen LogP contribution in [0.4, 0.5) is 0 Å². The van der Waals surface area contributed by atoms with Crippen molar-refractivity contribution in [3.8, 4) is 51.8 Å². The van der Waals surface area contributed by atoms with Crippen LogP contribution in [-0.4, -0.2) is 9.13 Å². The highest BCUT2D eigenvalue weighted by molar-refractivity contribution is 6.11. The zero-order chi connectivity index (χ0) is 33.8. The highest BCUT2D eigenvalue weighted by Gasteiger charge is 2.19. The van der Waals surface area contributed by atoms with Gasteiger partial charge >= 0.3 is 0 Å². The van der Waals surface area contributed by atoms with E-state index in [2.05, 4.69) is 118 Å². The fraction of sp³-hybridized carbons (Fsp3) is 0. The zero-order valence-electron chi connectivity index (χ0n) is 26.7. The Balaban J connectivity index is 1.20. The van der Waals surface area contributed by atoms with Crippen molar-refractivity contribution >= 4 is 43.6 Å². The Morgan fingerprint density at radius 2 is 0.900 bits per heavy atom. The summed E-state index contributed by atoms with van der Waals surface area (Å²) < 4.78 is 4.37. The number of benzene rings is 7. The van der Waals surface area contributed by atoms with Crippen molar-refractivity contribution in [3.05, 3.63) is 168 Å². The molecule has 2 heterocycles. The molecule has 0 saturated heterocycles. The van der Waals surface area contributed by atoms with E-state index in [1.54, 1.807) is 0 Å². The molecule has 0 radical (unpaired) electrons. The van der Waals surface area contributed by atoms with Gasteiger partial charge in [0.05, 0.1) is 62.3 Å². The Morgan fingerprint density at radius 3 is 1.52 bits per heavy atom. The van der Waals surface area contributed by atoms with Crippen molar-refractivity contribution in [1.29, 1.82) is 15.8 Å². The normalized spacial score (nSPS) is 11.1. The molecule has 9 aromatic rings. The van der Waals surface area contributed by atoms with Crippen LogP contribution in [-0.2, 0) is 0 Å². The molecule has 0 aliphatic rings. The van der Waals surface area contributed by atoms with Crippen LogP contribution < -0.4 is 0 Å². The Hall–Kier alpha value is -7.39. The third-order valence-corrected chi connectivity index (χ3v) is 9.65. The summed E-state index contributed by atoms with van der Waals surface area (Å²) in [6.45, 7) is 0. The topological polar surface area (TPSA) is 81.2 Å². The lowest BCUT2D eigenvalue weighted by Crippen LogP contribution is -1.99. The molecular formula is C45H25N5. The summed E-state index contributed by atoms with van der Waals surface area (Å²) in [7, 11) is 0. The Labute approximate surface area is 287 Å². The maximum Gasteiger partial charge on any atom is 0.101 e. The lowest BCUT2D eigenvalue weighted by molar-refractivity contribution is 1.17. The van der Waals surface area contributed by atoms with Crippen LogP contribution in [0, 0.1) is 34.0 Å². The predicted molar refractivity (Wildman–Crippen MR) is 200 cm³/mol. The molecule has 0 saturated carbocycles. The molecule has 0 N–H and O–H groups in total. The van der Waals surface area contributed by atoms with Gasteiger partial charge in [-0.3, -0.25) is 0 Å². The first-order valence-corrected chi connectivity index (χ1v) is 16.3. The van der Waals surface area contributed by atoms with E-state index in [9.17, 15) is 15.8 Å². The number of nitrogens with zero attached hydrogens (tertiary/aromatic N) is 5. The monoisotopic (exact) mass is 635 g/mol. The fourth-order valence-electron chi connectivity index (χ4n) is 7.43. The van der Waals surface area contributed by atoms with Crippen LogP contribution in [0.1, 0.15) is 16.7 Å². The maximum absolute atomic E-state index is 10.3. The standard InChI is InChI=1S/C45H25N5/c46-26-29-16-23-42-38(24-29)37-11-3-6-14-41(37)50(42)44-25-32(21-22-33(44)27-47)30-17-19-31(20-18-30)45-34(28-48)8-7-15-43(45)49-39-12-4-1-9-35(39)36-10-2-5-13-40(36)49/h1-25H. The van der Waals surface area contributed by atoms with E-state index < -0.39 is 0 Å². The van der Waals surface area contributed by atoms with E-state index in [1.165, 1.54) is 0 Å². The first-order valence-electron chi connectivity index (χ1n) is 16.3. The number of fused-ring (bicyclic) bond motifs is 6. The van der Waals surface area contributed by atoms with Gasteiger partial charge < -0.3 is 9.13 Å². The molecule has 0 unspecified atom stereocenters. The van der Waals surface area contributed by atoms with Crippen molar-refractivity contribution in [3.63, 3.8) is 0 Å².